The van der Waals surface area contributed by atoms with E-state index in [0.717, 1.165) is 24.5 Å². The van der Waals surface area contributed by atoms with Gasteiger partial charge >= 0.3 is 0 Å². The molecule has 0 spiro atoms. The highest BCUT2D eigenvalue weighted by Gasteiger charge is 2.14. The Morgan fingerprint density at radius 2 is 2.11 bits per heavy atom. The number of ether oxygens (including phenoxy) is 1. The average Bonchev–Trinajstić information content (AvgIpc) is 2.69. The molecule has 0 atom stereocenters. The van der Waals surface area contributed by atoms with Crippen LogP contribution in [0.25, 0.3) is 0 Å². The monoisotopic (exact) mass is 381 g/mol. The molecule has 2 aromatic heterocycles. The largest absolute Gasteiger partial charge is 0.378 e. The van der Waals surface area contributed by atoms with Crippen molar-refractivity contribution in [1.82, 2.24) is 9.97 Å². The maximum atomic E-state index is 12.3. The summed E-state index contributed by atoms with van der Waals surface area (Å²) in [7, 11) is 0. The molecule has 2 N–H and O–H groups in total. The molecule has 0 radical (unpaired) electrons. The van der Waals surface area contributed by atoms with Gasteiger partial charge in [-0.25, -0.2) is 4.98 Å². The molecule has 3 heterocycles. The Bertz CT molecular complexity index is 954. The molecule has 0 saturated carbocycles. The number of aryl methyl sites for hydroxylation is 1. The zero-order valence-electron chi connectivity index (χ0n) is 16.0. The number of anilines is 2. The van der Waals surface area contributed by atoms with E-state index in [-0.39, 0.29) is 17.9 Å². The molecule has 1 aliphatic heterocycles. The summed E-state index contributed by atoms with van der Waals surface area (Å²) < 4.78 is 5.33. The molecule has 1 fully saturated rings. The summed E-state index contributed by atoms with van der Waals surface area (Å²) in [5.41, 5.74) is 2.49. The lowest BCUT2D eigenvalue weighted by Crippen LogP contribution is -2.36. The Morgan fingerprint density at radius 3 is 2.75 bits per heavy atom. The summed E-state index contributed by atoms with van der Waals surface area (Å²) in [6.07, 6.45) is 2.32. The van der Waals surface area contributed by atoms with Crippen molar-refractivity contribution in [2.24, 2.45) is 0 Å². The van der Waals surface area contributed by atoms with Crippen molar-refractivity contribution in [3.63, 3.8) is 0 Å². The summed E-state index contributed by atoms with van der Waals surface area (Å²) in [5, 5.41) is 12.0. The average molecular weight is 381 g/mol. The Balaban J connectivity index is 1.61. The Morgan fingerprint density at radius 1 is 1.36 bits per heavy atom. The number of H-pyrrole nitrogens is 1. The van der Waals surface area contributed by atoms with E-state index in [1.165, 1.54) is 0 Å². The molecule has 0 unspecified atom stereocenters. The fourth-order valence-corrected chi connectivity index (χ4v) is 3.32. The van der Waals surface area contributed by atoms with Crippen molar-refractivity contribution in [1.29, 1.82) is 5.26 Å². The van der Waals surface area contributed by atoms with Crippen molar-refractivity contribution in [3.05, 3.63) is 51.1 Å². The minimum atomic E-state index is -0.392. The van der Waals surface area contributed by atoms with Crippen LogP contribution >= 0.6 is 0 Å². The second-order valence-corrected chi connectivity index (χ2v) is 6.72. The number of nitrogens with zero attached hydrogens (tertiary/aromatic N) is 3. The molecule has 1 amide bonds. The number of carbonyl (C=O) groups is 1. The highest BCUT2D eigenvalue weighted by atomic mass is 16.5. The number of carbonyl (C=O) groups excluding carboxylic acids is 1. The highest BCUT2D eigenvalue weighted by molar-refractivity contribution is 5.90. The van der Waals surface area contributed by atoms with Crippen LogP contribution in [0, 0.1) is 25.2 Å². The molecule has 0 bridgehead atoms. The third kappa shape index (κ3) is 4.38. The van der Waals surface area contributed by atoms with Gasteiger partial charge in [-0.15, -0.1) is 0 Å². The van der Waals surface area contributed by atoms with Gasteiger partial charge < -0.3 is 19.9 Å². The molecule has 1 saturated heterocycles. The van der Waals surface area contributed by atoms with Gasteiger partial charge in [-0.3, -0.25) is 9.59 Å². The summed E-state index contributed by atoms with van der Waals surface area (Å²) in [4.78, 5) is 33.3. The zero-order chi connectivity index (χ0) is 20.1. The summed E-state index contributed by atoms with van der Waals surface area (Å²) in [6.45, 7) is 6.51. The molecular weight excluding hydrogens is 358 g/mol. The van der Waals surface area contributed by atoms with E-state index >= 15 is 0 Å². The smallest absolute Gasteiger partial charge is 0.266 e. The molecule has 146 valence electrons. The van der Waals surface area contributed by atoms with Crippen LogP contribution in [0.5, 0.6) is 0 Å². The van der Waals surface area contributed by atoms with Gasteiger partial charge in [0.2, 0.25) is 5.91 Å². The van der Waals surface area contributed by atoms with Crippen LogP contribution in [-0.4, -0.2) is 42.2 Å². The first-order chi connectivity index (χ1) is 13.5. The number of morpholine rings is 1. The number of hydrogen-bond acceptors (Lipinski definition) is 6. The van der Waals surface area contributed by atoms with Gasteiger partial charge in [-0.05, 0) is 43.5 Å². The van der Waals surface area contributed by atoms with Crippen LogP contribution in [-0.2, 0) is 16.0 Å². The quantitative estimate of drug-likeness (QED) is 0.815. The molecule has 0 aliphatic carbocycles. The van der Waals surface area contributed by atoms with Crippen LogP contribution in [0.15, 0.2) is 23.1 Å². The SMILES string of the molecule is Cc1[nH]c(=O)c(C#N)c(C)c1CCC(=O)Nc1ccc(N2CCOCC2)nc1. The van der Waals surface area contributed by atoms with Gasteiger partial charge in [-0.2, -0.15) is 5.26 Å². The van der Waals surface area contributed by atoms with E-state index < -0.39 is 5.56 Å². The number of amides is 1. The lowest BCUT2D eigenvalue weighted by atomic mass is 9.99. The first-order valence-electron chi connectivity index (χ1n) is 9.20. The molecular formula is C20H23N5O3. The van der Waals surface area contributed by atoms with Crippen LogP contribution in [0.4, 0.5) is 11.5 Å². The Labute approximate surface area is 163 Å². The third-order valence-corrected chi connectivity index (χ3v) is 4.89. The Hall–Kier alpha value is -3.18. The highest BCUT2D eigenvalue weighted by Crippen LogP contribution is 2.17. The van der Waals surface area contributed by atoms with Gasteiger partial charge in [0.1, 0.15) is 17.5 Å². The molecule has 8 heteroatoms. The van der Waals surface area contributed by atoms with E-state index in [2.05, 4.69) is 20.2 Å². The second kappa shape index (κ2) is 8.67. The number of nitriles is 1. The van der Waals surface area contributed by atoms with Gasteiger partial charge in [0.15, 0.2) is 0 Å². The van der Waals surface area contributed by atoms with E-state index in [1.54, 1.807) is 20.0 Å². The van der Waals surface area contributed by atoms with Crippen molar-refractivity contribution in [2.45, 2.75) is 26.7 Å². The number of aromatic nitrogens is 2. The molecule has 28 heavy (non-hydrogen) atoms. The van der Waals surface area contributed by atoms with Crippen molar-refractivity contribution >= 4 is 17.4 Å². The normalized spacial score (nSPS) is 13.8. The van der Waals surface area contributed by atoms with Crippen LogP contribution in [0.2, 0.25) is 0 Å². The number of pyridine rings is 2. The van der Waals surface area contributed by atoms with Crippen LogP contribution in [0.1, 0.15) is 28.8 Å². The fourth-order valence-electron chi connectivity index (χ4n) is 3.32. The van der Waals surface area contributed by atoms with E-state index in [4.69, 9.17) is 10.00 Å². The zero-order valence-corrected chi connectivity index (χ0v) is 16.0. The maximum absolute atomic E-state index is 12.3. The summed E-state index contributed by atoms with van der Waals surface area (Å²) in [6, 6.07) is 5.65. The van der Waals surface area contributed by atoms with E-state index in [1.807, 2.05) is 18.2 Å². The van der Waals surface area contributed by atoms with Crippen LogP contribution < -0.4 is 15.8 Å². The predicted octanol–water partition coefficient (Wildman–Crippen LogP) is 1.67. The second-order valence-electron chi connectivity index (χ2n) is 6.72. The number of aromatic amines is 1. The molecule has 1 aliphatic rings. The first-order valence-corrected chi connectivity index (χ1v) is 9.20. The number of rotatable bonds is 5. The van der Waals surface area contributed by atoms with Crippen molar-refractivity contribution in [2.75, 3.05) is 36.5 Å². The maximum Gasteiger partial charge on any atom is 0.266 e. The van der Waals surface area contributed by atoms with Crippen molar-refractivity contribution < 1.29 is 9.53 Å². The van der Waals surface area contributed by atoms with Crippen molar-refractivity contribution in [3.8, 4) is 6.07 Å². The van der Waals surface area contributed by atoms with Gasteiger partial charge in [0, 0.05) is 25.2 Å². The minimum Gasteiger partial charge on any atom is -0.378 e. The Kier molecular flexibility index (Phi) is 6.06. The number of nitrogens with one attached hydrogen (secondary N) is 2. The minimum absolute atomic E-state index is 0.101. The molecule has 3 rings (SSSR count). The van der Waals surface area contributed by atoms with Gasteiger partial charge in [0.05, 0.1) is 25.1 Å². The lowest BCUT2D eigenvalue weighted by molar-refractivity contribution is -0.116. The fraction of sp³-hybridized carbons (Fsp3) is 0.400. The summed E-state index contributed by atoms with van der Waals surface area (Å²) >= 11 is 0. The van der Waals surface area contributed by atoms with E-state index in [9.17, 15) is 9.59 Å². The predicted molar refractivity (Wildman–Crippen MR) is 105 cm³/mol. The lowest BCUT2D eigenvalue weighted by Gasteiger charge is -2.27. The first kappa shape index (κ1) is 19.6. The topological polar surface area (TPSA) is 111 Å². The number of hydrogen-bond donors (Lipinski definition) is 2. The third-order valence-electron chi connectivity index (χ3n) is 4.89. The molecule has 0 aromatic carbocycles. The summed E-state index contributed by atoms with van der Waals surface area (Å²) in [5.74, 6) is 0.717. The van der Waals surface area contributed by atoms with E-state index in [0.29, 0.717) is 36.6 Å². The standard InChI is InChI=1S/C20H23N5O3/c1-13-16(14(2)23-20(27)17(13)11-21)4-6-19(26)24-15-3-5-18(22-12-15)25-7-9-28-10-8-25/h3,5,12H,4,6-10H2,1-2H3,(H,23,27)(H,24,26). The molecule has 2 aromatic rings. The molecule has 8 nitrogen and oxygen atoms in total. The van der Waals surface area contributed by atoms with Gasteiger partial charge in [0.25, 0.3) is 5.56 Å². The van der Waals surface area contributed by atoms with Gasteiger partial charge in [-0.1, -0.05) is 0 Å². The van der Waals surface area contributed by atoms with Crippen LogP contribution in [0.3, 0.4) is 0 Å².